The molecule has 1 N–H and O–H groups in total. The summed E-state index contributed by atoms with van der Waals surface area (Å²) in [5, 5.41) is 12.1. The highest BCUT2D eigenvalue weighted by Crippen LogP contribution is 2.66. The number of benzene rings is 1. The maximum atomic E-state index is 12.3. The first-order chi connectivity index (χ1) is 13.2. The lowest BCUT2D eigenvalue weighted by Gasteiger charge is -2.33. The van der Waals surface area contributed by atoms with E-state index in [1.54, 1.807) is 24.3 Å². The van der Waals surface area contributed by atoms with Crippen LogP contribution < -0.4 is 5.32 Å². The molecule has 2 aliphatic rings. The molecule has 2 unspecified atom stereocenters. The molecule has 1 saturated carbocycles. The molecule has 6 nitrogen and oxygen atoms in total. The summed E-state index contributed by atoms with van der Waals surface area (Å²) < 4.78 is 0. The number of hydrogen-bond acceptors (Lipinski definition) is 6. The molecule has 28 heavy (non-hydrogen) atoms. The van der Waals surface area contributed by atoms with Gasteiger partial charge in [-0.05, 0) is 37.3 Å². The molecule has 1 aromatic carbocycles. The molecule has 0 aliphatic heterocycles. The number of carbonyl (C=O) groups excluding carboxylic acids is 2. The largest absolute Gasteiger partial charge is 0.325 e. The zero-order valence-corrected chi connectivity index (χ0v) is 17.4. The number of anilines is 1. The normalized spacial score (nSPS) is 24.1. The zero-order valence-electron chi connectivity index (χ0n) is 16.6. The molecule has 2 aromatic rings. The topological polar surface area (TPSA) is 84.8 Å². The highest BCUT2D eigenvalue weighted by molar-refractivity contribution is 7.99. The quantitative estimate of drug-likeness (QED) is 0.608. The SMILES string of the molecule is CC(=O)c1cccc(NC(=O)CSc2nnc3c(n2)C2(C)CCC3C2(C)C)c1. The third kappa shape index (κ3) is 2.92. The molecular formula is C21H24N4O2S. The van der Waals surface area contributed by atoms with Gasteiger partial charge in [0, 0.05) is 22.6 Å². The van der Waals surface area contributed by atoms with Crippen molar-refractivity contribution in [2.45, 2.75) is 57.0 Å². The lowest BCUT2D eigenvalue weighted by atomic mass is 9.70. The Bertz CT molecular complexity index is 975. The van der Waals surface area contributed by atoms with E-state index in [-0.39, 0.29) is 28.3 Å². The van der Waals surface area contributed by atoms with Gasteiger partial charge >= 0.3 is 0 Å². The van der Waals surface area contributed by atoms with Gasteiger partial charge in [0.1, 0.15) is 0 Å². The van der Waals surface area contributed by atoms with E-state index in [1.807, 2.05) is 0 Å². The number of fused-ring (bicyclic) bond motifs is 5. The van der Waals surface area contributed by atoms with Gasteiger partial charge < -0.3 is 5.32 Å². The van der Waals surface area contributed by atoms with Gasteiger partial charge in [0.25, 0.3) is 0 Å². The second kappa shape index (κ2) is 6.65. The number of carbonyl (C=O) groups is 2. The molecule has 0 saturated heterocycles. The van der Waals surface area contributed by atoms with Gasteiger partial charge in [0.05, 0.1) is 17.1 Å². The fourth-order valence-electron chi connectivity index (χ4n) is 4.57. The summed E-state index contributed by atoms with van der Waals surface area (Å²) in [5.74, 6) is 0.411. The molecule has 1 heterocycles. The Kier molecular flexibility index (Phi) is 4.53. The van der Waals surface area contributed by atoms with Gasteiger partial charge in [-0.25, -0.2) is 4.98 Å². The molecule has 7 heteroatoms. The number of ketones is 1. The van der Waals surface area contributed by atoms with E-state index in [0.717, 1.165) is 24.2 Å². The minimum Gasteiger partial charge on any atom is -0.325 e. The van der Waals surface area contributed by atoms with Crippen molar-refractivity contribution < 1.29 is 9.59 Å². The standard InChI is InChI=1S/C21H24N4O2S/c1-12(26)13-6-5-7-14(10-13)22-16(27)11-28-19-23-18-17(24-25-19)15-8-9-21(18,4)20(15,2)3/h5-7,10,15H,8-9,11H2,1-4H3,(H,22,27). The lowest BCUT2D eigenvalue weighted by molar-refractivity contribution is -0.113. The van der Waals surface area contributed by atoms with Crippen molar-refractivity contribution in [2.75, 3.05) is 11.1 Å². The number of nitrogens with one attached hydrogen (secondary N) is 1. The Balaban J connectivity index is 1.44. The summed E-state index contributed by atoms with van der Waals surface area (Å²) in [6, 6.07) is 6.93. The van der Waals surface area contributed by atoms with Crippen LogP contribution >= 0.6 is 11.8 Å². The molecule has 1 amide bonds. The molecule has 4 rings (SSSR count). The second-order valence-electron chi connectivity index (χ2n) is 8.45. The van der Waals surface area contributed by atoms with Crippen LogP contribution in [-0.2, 0) is 10.2 Å². The van der Waals surface area contributed by atoms with Crippen molar-refractivity contribution >= 4 is 29.1 Å². The van der Waals surface area contributed by atoms with Crippen LogP contribution in [0.5, 0.6) is 0 Å². The van der Waals surface area contributed by atoms with Gasteiger partial charge in [-0.15, -0.1) is 5.10 Å². The smallest absolute Gasteiger partial charge is 0.234 e. The molecule has 1 aromatic heterocycles. The van der Waals surface area contributed by atoms with Gasteiger partial charge in [-0.2, -0.15) is 5.10 Å². The maximum absolute atomic E-state index is 12.3. The third-order valence-corrected chi connectivity index (χ3v) is 7.50. The number of rotatable bonds is 5. The number of nitrogens with zero attached hydrogens (tertiary/aromatic N) is 3. The van der Waals surface area contributed by atoms with Crippen molar-refractivity contribution in [3.8, 4) is 0 Å². The first kappa shape index (κ1) is 19.1. The minimum absolute atomic E-state index is 0.0215. The zero-order chi connectivity index (χ0) is 20.1. The Hall–Kier alpha value is -2.28. The summed E-state index contributed by atoms with van der Waals surface area (Å²) in [4.78, 5) is 28.6. The average Bonchev–Trinajstić information content (AvgIpc) is 2.99. The first-order valence-electron chi connectivity index (χ1n) is 9.51. The molecule has 0 radical (unpaired) electrons. The van der Waals surface area contributed by atoms with E-state index >= 15 is 0 Å². The van der Waals surface area contributed by atoms with Crippen molar-refractivity contribution in [3.05, 3.63) is 41.2 Å². The fraction of sp³-hybridized carbons (Fsp3) is 0.476. The number of hydrogen-bond donors (Lipinski definition) is 1. The molecule has 1 fully saturated rings. The van der Waals surface area contributed by atoms with E-state index in [1.165, 1.54) is 18.7 Å². The maximum Gasteiger partial charge on any atom is 0.234 e. The molecule has 2 atom stereocenters. The monoisotopic (exact) mass is 396 g/mol. The van der Waals surface area contributed by atoms with Gasteiger partial charge in [-0.1, -0.05) is 44.7 Å². The van der Waals surface area contributed by atoms with Crippen LogP contribution in [0.2, 0.25) is 0 Å². The van der Waals surface area contributed by atoms with Crippen LogP contribution in [0.1, 0.15) is 68.2 Å². The number of thioether (sulfide) groups is 1. The van der Waals surface area contributed by atoms with Crippen LogP contribution in [0.15, 0.2) is 29.4 Å². The molecule has 146 valence electrons. The van der Waals surface area contributed by atoms with Crippen LogP contribution in [0.4, 0.5) is 5.69 Å². The van der Waals surface area contributed by atoms with Gasteiger partial charge in [0.2, 0.25) is 11.1 Å². The van der Waals surface area contributed by atoms with Crippen LogP contribution in [0.25, 0.3) is 0 Å². The summed E-state index contributed by atoms with van der Waals surface area (Å²) in [7, 11) is 0. The first-order valence-corrected chi connectivity index (χ1v) is 10.5. The Morgan fingerprint density at radius 2 is 2.04 bits per heavy atom. The molecule has 2 aliphatic carbocycles. The fourth-order valence-corrected chi connectivity index (χ4v) is 5.15. The van der Waals surface area contributed by atoms with Crippen molar-refractivity contribution in [2.24, 2.45) is 5.41 Å². The molecular weight excluding hydrogens is 372 g/mol. The van der Waals surface area contributed by atoms with E-state index in [2.05, 4.69) is 36.3 Å². The highest BCUT2D eigenvalue weighted by atomic mass is 32.2. The van der Waals surface area contributed by atoms with Crippen LogP contribution in [0.3, 0.4) is 0 Å². The van der Waals surface area contributed by atoms with Crippen LogP contribution in [-0.4, -0.2) is 32.6 Å². The van der Waals surface area contributed by atoms with E-state index in [0.29, 0.717) is 22.3 Å². The lowest BCUT2D eigenvalue weighted by Crippen LogP contribution is -2.32. The van der Waals surface area contributed by atoms with Crippen LogP contribution in [0, 0.1) is 5.41 Å². The molecule has 0 spiro atoms. The average molecular weight is 397 g/mol. The minimum atomic E-state index is -0.164. The van der Waals surface area contributed by atoms with E-state index < -0.39 is 0 Å². The second-order valence-corrected chi connectivity index (χ2v) is 9.39. The number of amides is 1. The van der Waals surface area contributed by atoms with E-state index in [4.69, 9.17) is 4.98 Å². The third-order valence-electron chi connectivity index (χ3n) is 6.66. The van der Waals surface area contributed by atoms with Gasteiger partial charge in [-0.3, -0.25) is 9.59 Å². The Labute approximate surface area is 168 Å². The summed E-state index contributed by atoms with van der Waals surface area (Å²) in [6.45, 7) is 8.37. The number of Topliss-reactive ketones (excluding diaryl/α,β-unsaturated/α-hetero) is 1. The van der Waals surface area contributed by atoms with Crippen molar-refractivity contribution in [1.82, 2.24) is 15.2 Å². The summed E-state index contributed by atoms with van der Waals surface area (Å²) >= 11 is 1.29. The van der Waals surface area contributed by atoms with Gasteiger partial charge in [0.15, 0.2) is 5.78 Å². The number of aromatic nitrogens is 3. The predicted octanol–water partition coefficient (Wildman–Crippen LogP) is 3.98. The summed E-state index contributed by atoms with van der Waals surface area (Å²) in [6.07, 6.45) is 2.26. The predicted molar refractivity (Wildman–Crippen MR) is 109 cm³/mol. The molecule has 2 bridgehead atoms. The van der Waals surface area contributed by atoms with Crippen molar-refractivity contribution in [3.63, 3.8) is 0 Å². The Morgan fingerprint density at radius 3 is 2.79 bits per heavy atom. The van der Waals surface area contributed by atoms with Crippen molar-refractivity contribution in [1.29, 1.82) is 0 Å². The Morgan fingerprint density at radius 1 is 1.25 bits per heavy atom. The highest BCUT2D eigenvalue weighted by Gasteiger charge is 2.61. The summed E-state index contributed by atoms with van der Waals surface area (Å²) in [5.41, 5.74) is 3.43. The van der Waals surface area contributed by atoms with E-state index in [9.17, 15) is 9.59 Å².